The molecular formula is C43H41IrN3O-2. The van der Waals surface area contributed by atoms with E-state index < -0.39 is 0 Å². The normalized spacial score (nSPS) is 11.9. The van der Waals surface area contributed by atoms with Crippen LogP contribution in [0.4, 0.5) is 0 Å². The Kier molecular flexibility index (Phi) is 10.4. The van der Waals surface area contributed by atoms with Crippen LogP contribution in [0.25, 0.3) is 55.6 Å². The first-order chi connectivity index (χ1) is 22.5. The number of hydrogen-bond donors (Lipinski definition) is 0. The summed E-state index contributed by atoms with van der Waals surface area (Å²) in [5.41, 5.74) is 14.5. The van der Waals surface area contributed by atoms with E-state index in [2.05, 4.69) is 124 Å². The number of aromatic nitrogens is 3. The van der Waals surface area contributed by atoms with Crippen LogP contribution in [0.5, 0.6) is 0 Å². The summed E-state index contributed by atoms with van der Waals surface area (Å²) in [6.45, 7) is 17.6. The fraction of sp³-hybridized carbons (Fsp3) is 0.233. The molecule has 3 aromatic carbocycles. The third kappa shape index (κ3) is 7.33. The first-order valence-corrected chi connectivity index (χ1v) is 16.2. The summed E-state index contributed by atoms with van der Waals surface area (Å²) in [5, 5.41) is 2.18. The van der Waals surface area contributed by atoms with Gasteiger partial charge < -0.3 is 19.4 Å². The van der Waals surface area contributed by atoms with Gasteiger partial charge in [0.2, 0.25) is 0 Å². The summed E-state index contributed by atoms with van der Waals surface area (Å²) in [4.78, 5) is 13.1. The molecule has 0 aliphatic heterocycles. The van der Waals surface area contributed by atoms with Crippen molar-refractivity contribution >= 4 is 21.9 Å². The molecule has 0 saturated heterocycles. The topological polar surface area (TPSA) is 51.8 Å². The van der Waals surface area contributed by atoms with E-state index in [0.717, 1.165) is 50.0 Å². The molecule has 0 aliphatic carbocycles. The Balaban J connectivity index is 0.000000191. The molecule has 7 rings (SSSR count). The molecule has 5 heteroatoms. The monoisotopic (exact) mass is 808 g/mol. The van der Waals surface area contributed by atoms with Crippen molar-refractivity contribution in [3.63, 3.8) is 0 Å². The molecule has 0 bridgehead atoms. The van der Waals surface area contributed by atoms with Crippen LogP contribution >= 0.6 is 0 Å². The Hall–Kier alpha value is -4.44. The van der Waals surface area contributed by atoms with Crippen LogP contribution in [0, 0.1) is 45.4 Å². The number of pyridine rings is 3. The number of rotatable bonds is 4. The molecule has 0 spiro atoms. The molecule has 4 heterocycles. The van der Waals surface area contributed by atoms with E-state index in [1.807, 2.05) is 43.5 Å². The Bertz CT molecular complexity index is 2190. The Morgan fingerprint density at radius 3 is 2.15 bits per heavy atom. The molecule has 1 atom stereocenters. The van der Waals surface area contributed by atoms with Gasteiger partial charge in [0.1, 0.15) is 5.58 Å². The number of benzene rings is 3. The van der Waals surface area contributed by atoms with Gasteiger partial charge in [0.05, 0.1) is 6.20 Å². The first-order valence-electron chi connectivity index (χ1n) is 16.2. The van der Waals surface area contributed by atoms with E-state index in [9.17, 15) is 0 Å². The van der Waals surface area contributed by atoms with E-state index in [1.165, 1.54) is 33.4 Å². The first kappa shape index (κ1) is 34.9. The van der Waals surface area contributed by atoms with Crippen molar-refractivity contribution in [2.45, 2.75) is 61.3 Å². The molecule has 48 heavy (non-hydrogen) atoms. The largest absolute Gasteiger partial charge is 0.455 e. The number of hydrogen-bond acceptors (Lipinski definition) is 4. The second-order valence-electron chi connectivity index (χ2n) is 13.6. The molecule has 4 nitrogen and oxygen atoms in total. The van der Waals surface area contributed by atoms with Crippen molar-refractivity contribution in [1.82, 2.24) is 15.0 Å². The van der Waals surface area contributed by atoms with Gasteiger partial charge in [0.25, 0.3) is 0 Å². The SMILES string of the molecule is Cc1ccn[c-]c1-c1cc2c(cn1)oc1ccccc12.Cc1cnc(-c2[c-]cc(C)c(-c3ccc(C(C)C(C)(C)C)cc3)c2)cc1C.[Ir]. The molecule has 0 saturated carbocycles. The number of aryl methyl sites for hydroxylation is 4. The third-order valence-electron chi connectivity index (χ3n) is 9.32. The molecule has 7 aromatic rings. The minimum Gasteiger partial charge on any atom is -0.455 e. The summed E-state index contributed by atoms with van der Waals surface area (Å²) < 4.78 is 5.79. The van der Waals surface area contributed by atoms with Crippen molar-refractivity contribution < 1.29 is 24.5 Å². The smallest absolute Gasteiger partial charge is 0.151 e. The van der Waals surface area contributed by atoms with Gasteiger partial charge in [-0.15, -0.1) is 46.5 Å². The Labute approximate surface area is 298 Å². The van der Waals surface area contributed by atoms with Gasteiger partial charge in [-0.25, -0.2) is 0 Å². The zero-order valence-electron chi connectivity index (χ0n) is 28.9. The molecule has 0 aliphatic rings. The van der Waals surface area contributed by atoms with Crippen LogP contribution in [0.1, 0.15) is 61.4 Å². The minimum absolute atomic E-state index is 0. The van der Waals surface area contributed by atoms with Crippen LogP contribution in [0.3, 0.4) is 0 Å². The molecule has 245 valence electrons. The van der Waals surface area contributed by atoms with Crippen LogP contribution in [0.15, 0.2) is 102 Å². The van der Waals surface area contributed by atoms with Crippen LogP contribution < -0.4 is 0 Å². The maximum atomic E-state index is 5.79. The van der Waals surface area contributed by atoms with Crippen LogP contribution in [-0.2, 0) is 20.1 Å². The van der Waals surface area contributed by atoms with E-state index in [0.29, 0.717) is 5.92 Å². The summed E-state index contributed by atoms with van der Waals surface area (Å²) >= 11 is 0. The minimum atomic E-state index is 0. The second kappa shape index (κ2) is 14.4. The predicted octanol–water partition coefficient (Wildman–Crippen LogP) is 11.4. The quantitative estimate of drug-likeness (QED) is 0.166. The molecule has 0 fully saturated rings. The van der Waals surface area contributed by atoms with Crippen LogP contribution in [-0.4, -0.2) is 15.0 Å². The van der Waals surface area contributed by atoms with Crippen molar-refractivity contribution in [2.75, 3.05) is 0 Å². The average molecular weight is 808 g/mol. The molecule has 4 aromatic heterocycles. The number of fused-ring (bicyclic) bond motifs is 3. The maximum absolute atomic E-state index is 5.79. The van der Waals surface area contributed by atoms with E-state index in [4.69, 9.17) is 4.42 Å². The van der Waals surface area contributed by atoms with E-state index in [-0.39, 0.29) is 25.5 Å². The van der Waals surface area contributed by atoms with E-state index >= 15 is 0 Å². The fourth-order valence-electron chi connectivity index (χ4n) is 5.70. The molecule has 0 N–H and O–H groups in total. The zero-order valence-corrected chi connectivity index (χ0v) is 31.3. The van der Waals surface area contributed by atoms with Crippen molar-refractivity contribution in [3.05, 3.63) is 138 Å². The summed E-state index contributed by atoms with van der Waals surface area (Å²) in [7, 11) is 0. The predicted molar refractivity (Wildman–Crippen MR) is 194 cm³/mol. The summed E-state index contributed by atoms with van der Waals surface area (Å²) in [6, 6.07) is 30.9. The van der Waals surface area contributed by atoms with Gasteiger partial charge in [-0.3, -0.25) is 0 Å². The standard InChI is InChI=1S/C26H30N.C17H11N2O.Ir/c1-17-8-9-23(25-14-18(2)19(3)16-27-25)15-24(17)22-12-10-21(11-13-22)20(4)26(5,6)7;1-11-6-7-18-9-14(11)15-8-13-12-4-2-3-5-16(12)20-17(13)10-19-15;/h8,10-16,20H,1-7H3;2-8,10H,1H3;/q2*-1;. The van der Waals surface area contributed by atoms with Gasteiger partial charge in [-0.1, -0.05) is 113 Å². The van der Waals surface area contributed by atoms with Gasteiger partial charge in [0, 0.05) is 37.1 Å². The summed E-state index contributed by atoms with van der Waals surface area (Å²) in [6.07, 6.45) is 8.47. The van der Waals surface area contributed by atoms with Gasteiger partial charge in [-0.05, 0) is 65.5 Å². The summed E-state index contributed by atoms with van der Waals surface area (Å²) in [5.74, 6) is 0.520. The van der Waals surface area contributed by atoms with Crippen molar-refractivity contribution in [1.29, 1.82) is 0 Å². The molecular weight excluding hydrogens is 767 g/mol. The van der Waals surface area contributed by atoms with Crippen LogP contribution in [0.2, 0.25) is 0 Å². The number of nitrogens with zero attached hydrogens (tertiary/aromatic N) is 3. The second-order valence-corrected chi connectivity index (χ2v) is 13.6. The Morgan fingerprint density at radius 2 is 1.44 bits per heavy atom. The van der Waals surface area contributed by atoms with Gasteiger partial charge in [-0.2, -0.15) is 0 Å². The average Bonchev–Trinajstić information content (AvgIpc) is 3.44. The van der Waals surface area contributed by atoms with Crippen molar-refractivity contribution in [2.24, 2.45) is 5.41 Å². The molecule has 1 unspecified atom stereocenters. The molecule has 0 amide bonds. The Morgan fingerprint density at radius 1 is 0.708 bits per heavy atom. The van der Waals surface area contributed by atoms with Gasteiger partial charge >= 0.3 is 0 Å². The number of furan rings is 1. The van der Waals surface area contributed by atoms with E-state index in [1.54, 1.807) is 12.4 Å². The number of para-hydroxylation sites is 1. The zero-order chi connectivity index (χ0) is 33.3. The third-order valence-corrected chi connectivity index (χ3v) is 9.32. The van der Waals surface area contributed by atoms with Crippen molar-refractivity contribution in [3.8, 4) is 33.6 Å². The maximum Gasteiger partial charge on any atom is 0.151 e. The molecule has 1 radical (unpaired) electrons. The van der Waals surface area contributed by atoms with Gasteiger partial charge in [0.15, 0.2) is 5.58 Å². The fourth-order valence-corrected chi connectivity index (χ4v) is 5.70.